The fourth-order valence-electron chi connectivity index (χ4n) is 6.32. The summed E-state index contributed by atoms with van der Waals surface area (Å²) in [7, 11) is -0.722. The van der Waals surface area contributed by atoms with Gasteiger partial charge in [-0.2, -0.15) is 0 Å². The number of ether oxygens (including phenoxy) is 2. The Morgan fingerprint density at radius 1 is 0.850 bits per heavy atom. The van der Waals surface area contributed by atoms with Crippen LogP contribution in [0.2, 0.25) is 0 Å². The van der Waals surface area contributed by atoms with Gasteiger partial charge in [-0.3, -0.25) is 9.69 Å². The number of hydrogen-bond acceptors (Lipinski definition) is 7. The second kappa shape index (κ2) is 12.2. The minimum atomic E-state index is -3.85. The number of rotatable bonds is 9. The van der Waals surface area contributed by atoms with Crippen molar-refractivity contribution in [3.05, 3.63) is 59.3 Å². The van der Waals surface area contributed by atoms with Gasteiger partial charge in [-0.25, -0.2) is 8.42 Å². The van der Waals surface area contributed by atoms with Crippen LogP contribution in [0.5, 0.6) is 11.5 Å². The number of hydrazine groups is 1. The number of likely N-dealkylation sites (tertiary alicyclic amines) is 1. The van der Waals surface area contributed by atoms with E-state index in [1.807, 2.05) is 17.9 Å². The van der Waals surface area contributed by atoms with Crippen molar-refractivity contribution in [2.24, 2.45) is 0 Å². The van der Waals surface area contributed by atoms with E-state index in [1.54, 1.807) is 50.6 Å². The van der Waals surface area contributed by atoms with Gasteiger partial charge in [0, 0.05) is 30.7 Å². The van der Waals surface area contributed by atoms with Crippen molar-refractivity contribution in [3.8, 4) is 11.5 Å². The quantitative estimate of drug-likeness (QED) is 0.444. The molecule has 1 saturated heterocycles. The van der Waals surface area contributed by atoms with Crippen LogP contribution in [0.1, 0.15) is 56.1 Å². The number of nitrogens with one attached hydrogen (secondary N) is 2. The predicted molar refractivity (Wildman–Crippen MR) is 154 cm³/mol. The molecule has 2 N–H and O–H groups in total. The van der Waals surface area contributed by atoms with Crippen molar-refractivity contribution >= 4 is 21.5 Å². The second-order valence-electron chi connectivity index (χ2n) is 10.9. The minimum absolute atomic E-state index is 0.0911. The van der Waals surface area contributed by atoms with Crippen LogP contribution in [0.4, 0.5) is 0 Å². The summed E-state index contributed by atoms with van der Waals surface area (Å²) in [6, 6.07) is 12.5. The molecule has 2 aliphatic heterocycles. The van der Waals surface area contributed by atoms with Crippen LogP contribution in [0.3, 0.4) is 0 Å². The number of amides is 1. The topological polar surface area (TPSA) is 100 Å². The van der Waals surface area contributed by atoms with E-state index in [0.717, 1.165) is 37.9 Å². The first-order valence-electron chi connectivity index (χ1n) is 14.2. The van der Waals surface area contributed by atoms with E-state index in [1.165, 1.54) is 19.3 Å². The van der Waals surface area contributed by atoms with Crippen molar-refractivity contribution in [2.75, 3.05) is 33.9 Å². The largest absolute Gasteiger partial charge is 0.493 e. The molecule has 2 aromatic carbocycles. The van der Waals surface area contributed by atoms with E-state index in [2.05, 4.69) is 15.2 Å². The molecule has 2 atom stereocenters. The lowest BCUT2D eigenvalue weighted by Gasteiger charge is -2.45. The average Bonchev–Trinajstić information content (AvgIpc) is 3.51. The van der Waals surface area contributed by atoms with Crippen molar-refractivity contribution in [2.45, 2.75) is 68.8 Å². The number of benzene rings is 2. The summed E-state index contributed by atoms with van der Waals surface area (Å²) in [5.41, 5.74) is 5.53. The molecule has 2 aromatic rings. The van der Waals surface area contributed by atoms with Gasteiger partial charge in [-0.1, -0.05) is 36.6 Å². The van der Waals surface area contributed by atoms with Crippen molar-refractivity contribution < 1.29 is 22.7 Å². The first-order valence-corrected chi connectivity index (χ1v) is 15.7. The van der Waals surface area contributed by atoms with E-state index in [4.69, 9.17) is 9.47 Å². The molecule has 3 aliphatic rings. The molecule has 216 valence electrons. The smallest absolute Gasteiger partial charge is 0.257 e. The summed E-state index contributed by atoms with van der Waals surface area (Å²) in [5.74, 6) is 0.971. The Labute approximate surface area is 237 Å². The molecular weight excluding hydrogens is 528 g/mol. The van der Waals surface area contributed by atoms with E-state index < -0.39 is 10.0 Å². The van der Waals surface area contributed by atoms with E-state index >= 15 is 0 Å². The van der Waals surface area contributed by atoms with Crippen LogP contribution in [0.25, 0.3) is 5.57 Å². The van der Waals surface area contributed by atoms with Crippen LogP contribution in [-0.2, 0) is 14.8 Å². The Kier molecular flexibility index (Phi) is 8.68. The molecule has 2 unspecified atom stereocenters. The molecule has 1 saturated carbocycles. The first-order chi connectivity index (χ1) is 19.3. The third kappa shape index (κ3) is 5.84. The van der Waals surface area contributed by atoms with E-state index in [-0.39, 0.29) is 16.8 Å². The Balaban J connectivity index is 1.49. The summed E-state index contributed by atoms with van der Waals surface area (Å²) >= 11 is 0. The lowest BCUT2D eigenvalue weighted by molar-refractivity contribution is -0.130. The number of methoxy groups -OCH3 is 2. The third-order valence-electron chi connectivity index (χ3n) is 8.42. The number of aryl methyl sites for hydroxylation is 1. The molecule has 0 spiro atoms. The molecule has 0 radical (unpaired) electrons. The second-order valence-corrected chi connectivity index (χ2v) is 12.6. The molecule has 2 fully saturated rings. The Bertz CT molecular complexity index is 1350. The van der Waals surface area contributed by atoms with Crippen LogP contribution in [-0.4, -0.2) is 70.1 Å². The minimum Gasteiger partial charge on any atom is -0.493 e. The normalized spacial score (nSPS) is 22.5. The van der Waals surface area contributed by atoms with Crippen molar-refractivity contribution in [3.63, 3.8) is 0 Å². The SMILES string of the molecule is COc1ccc(C2=C(NNS(=O)(=O)c3ccc(C)cc3)CCN(C3CCCCC3N3CCCC3)C2=O)cc1OC. The Hall–Kier alpha value is -3.08. The molecule has 9 nitrogen and oxygen atoms in total. The Morgan fingerprint density at radius 3 is 2.20 bits per heavy atom. The lowest BCUT2D eigenvalue weighted by atomic mass is 9.86. The summed E-state index contributed by atoms with van der Waals surface area (Å²) < 4.78 is 37.1. The zero-order valence-electron chi connectivity index (χ0n) is 23.6. The highest BCUT2D eigenvalue weighted by Crippen LogP contribution is 2.37. The molecule has 40 heavy (non-hydrogen) atoms. The first kappa shape index (κ1) is 28.4. The van der Waals surface area contributed by atoms with Crippen LogP contribution in [0, 0.1) is 6.92 Å². The lowest BCUT2D eigenvalue weighted by Crippen LogP contribution is -2.56. The highest BCUT2D eigenvalue weighted by molar-refractivity contribution is 7.89. The summed E-state index contributed by atoms with van der Waals surface area (Å²) in [5, 5.41) is 0. The highest BCUT2D eigenvalue weighted by atomic mass is 32.2. The summed E-state index contributed by atoms with van der Waals surface area (Å²) in [6.07, 6.45) is 7.29. The number of sulfonamides is 1. The van der Waals surface area contributed by atoms with Gasteiger partial charge in [0.25, 0.3) is 15.9 Å². The predicted octanol–water partition coefficient (Wildman–Crippen LogP) is 3.85. The number of carbonyl (C=O) groups excluding carboxylic acids is 1. The van der Waals surface area contributed by atoms with Gasteiger partial charge >= 0.3 is 0 Å². The summed E-state index contributed by atoms with van der Waals surface area (Å²) in [4.78, 5) is 21.6. The molecule has 0 bridgehead atoms. The fraction of sp³-hybridized carbons (Fsp3) is 0.500. The number of carbonyl (C=O) groups is 1. The molecule has 1 aliphatic carbocycles. The maximum atomic E-state index is 14.3. The number of nitrogens with zero attached hydrogens (tertiary/aromatic N) is 2. The standard InChI is InChI=1S/C30H40N4O5S/c1-21-10-13-23(14-11-21)40(36,37)32-31-24-16-19-34(26-9-5-4-8-25(26)33-17-6-7-18-33)30(35)29(24)22-12-15-27(38-2)28(20-22)39-3/h10-15,20,25-26,31-32H,4-9,16-19H2,1-3H3. The monoisotopic (exact) mass is 568 g/mol. The maximum Gasteiger partial charge on any atom is 0.257 e. The van der Waals surface area contributed by atoms with Gasteiger partial charge in [-0.15, -0.1) is 4.83 Å². The molecular formula is C30H40N4O5S. The van der Waals surface area contributed by atoms with Crippen LogP contribution >= 0.6 is 0 Å². The van der Waals surface area contributed by atoms with Gasteiger partial charge in [-0.05, 0) is 75.5 Å². The van der Waals surface area contributed by atoms with E-state index in [9.17, 15) is 13.2 Å². The molecule has 10 heteroatoms. The van der Waals surface area contributed by atoms with Gasteiger partial charge in [0.1, 0.15) is 0 Å². The molecule has 1 amide bonds. The zero-order valence-corrected chi connectivity index (χ0v) is 24.4. The van der Waals surface area contributed by atoms with E-state index in [0.29, 0.717) is 47.3 Å². The molecule has 2 heterocycles. The zero-order chi connectivity index (χ0) is 28.3. The average molecular weight is 569 g/mol. The maximum absolute atomic E-state index is 14.3. The van der Waals surface area contributed by atoms with Crippen LogP contribution < -0.4 is 19.7 Å². The Morgan fingerprint density at radius 2 is 1.52 bits per heavy atom. The third-order valence-corrected chi connectivity index (χ3v) is 9.69. The van der Waals surface area contributed by atoms with Gasteiger partial charge in [0.2, 0.25) is 0 Å². The van der Waals surface area contributed by atoms with Crippen molar-refractivity contribution in [1.29, 1.82) is 0 Å². The fourth-order valence-corrected chi connectivity index (χ4v) is 7.19. The van der Waals surface area contributed by atoms with Crippen LogP contribution in [0.15, 0.2) is 53.1 Å². The van der Waals surface area contributed by atoms with Gasteiger partial charge in [0.15, 0.2) is 11.5 Å². The van der Waals surface area contributed by atoms with Crippen molar-refractivity contribution in [1.82, 2.24) is 20.1 Å². The summed E-state index contributed by atoms with van der Waals surface area (Å²) in [6.45, 7) is 4.62. The number of hydrogen-bond donors (Lipinski definition) is 2. The van der Waals surface area contributed by atoms with Gasteiger partial charge < -0.3 is 19.8 Å². The highest BCUT2D eigenvalue weighted by Gasteiger charge is 2.40. The van der Waals surface area contributed by atoms with Gasteiger partial charge in [0.05, 0.1) is 24.7 Å². The molecule has 5 rings (SSSR count). The molecule has 0 aromatic heterocycles.